The van der Waals surface area contributed by atoms with E-state index in [0.717, 1.165) is 49.9 Å². The zero-order valence-corrected chi connectivity index (χ0v) is 12.9. The van der Waals surface area contributed by atoms with Gasteiger partial charge in [0.1, 0.15) is 11.4 Å². The molecule has 2 heterocycles. The molecular formula is C13H19ClN2O3S. The van der Waals surface area contributed by atoms with Crippen LogP contribution in [0.2, 0.25) is 0 Å². The van der Waals surface area contributed by atoms with E-state index in [1.54, 1.807) is 6.07 Å². The van der Waals surface area contributed by atoms with Crippen molar-refractivity contribution in [2.24, 2.45) is 0 Å². The molecule has 0 aromatic heterocycles. The smallest absolute Gasteiger partial charge is 0.229 e. The van der Waals surface area contributed by atoms with E-state index in [1.807, 2.05) is 12.1 Å². The predicted molar refractivity (Wildman–Crippen MR) is 81.3 cm³/mol. The van der Waals surface area contributed by atoms with E-state index in [9.17, 15) is 8.42 Å². The zero-order valence-electron chi connectivity index (χ0n) is 11.3. The Bertz CT molecular complexity index is 598. The number of nitrogens with one attached hydrogen (secondary N) is 2. The minimum Gasteiger partial charge on any atom is -0.485 e. The predicted octanol–water partition coefficient (Wildman–Crippen LogP) is 1.54. The number of fused-ring (bicyclic) bond motifs is 1. The van der Waals surface area contributed by atoms with Crippen molar-refractivity contribution in [1.82, 2.24) is 5.32 Å². The van der Waals surface area contributed by atoms with Gasteiger partial charge in [0, 0.05) is 24.2 Å². The Kier molecular flexibility index (Phi) is 4.18. The number of benzene rings is 1. The van der Waals surface area contributed by atoms with Crippen LogP contribution in [-0.4, -0.2) is 33.4 Å². The summed E-state index contributed by atoms with van der Waals surface area (Å²) in [5.74, 6) is 0.878. The molecule has 1 atom stereocenters. The molecule has 0 amide bonds. The third-order valence-electron chi connectivity index (χ3n) is 3.64. The van der Waals surface area contributed by atoms with Gasteiger partial charge >= 0.3 is 0 Å². The summed E-state index contributed by atoms with van der Waals surface area (Å²) in [5, 5.41) is 3.37. The highest BCUT2D eigenvalue weighted by molar-refractivity contribution is 7.92. The van der Waals surface area contributed by atoms with Crippen molar-refractivity contribution < 1.29 is 13.2 Å². The van der Waals surface area contributed by atoms with E-state index in [-0.39, 0.29) is 18.0 Å². The maximum atomic E-state index is 11.2. The van der Waals surface area contributed by atoms with Crippen LogP contribution < -0.4 is 14.8 Å². The zero-order chi connectivity index (χ0) is 13.5. The van der Waals surface area contributed by atoms with Crippen molar-refractivity contribution in [3.63, 3.8) is 0 Å². The van der Waals surface area contributed by atoms with Crippen LogP contribution in [0.15, 0.2) is 18.2 Å². The molecule has 1 aromatic rings. The summed E-state index contributed by atoms with van der Waals surface area (Å²) >= 11 is 0. The highest BCUT2D eigenvalue weighted by atomic mass is 35.5. The molecule has 0 saturated carbocycles. The number of anilines is 1. The second kappa shape index (κ2) is 5.42. The third kappa shape index (κ3) is 3.19. The third-order valence-corrected chi connectivity index (χ3v) is 4.24. The van der Waals surface area contributed by atoms with Gasteiger partial charge in [-0.05, 0) is 37.6 Å². The van der Waals surface area contributed by atoms with Crippen LogP contribution in [0.1, 0.15) is 18.4 Å². The first-order chi connectivity index (χ1) is 8.96. The van der Waals surface area contributed by atoms with Crippen molar-refractivity contribution in [1.29, 1.82) is 0 Å². The molecule has 2 aliphatic heterocycles. The van der Waals surface area contributed by atoms with E-state index in [4.69, 9.17) is 4.74 Å². The minimum absolute atomic E-state index is 0. The van der Waals surface area contributed by atoms with Crippen LogP contribution in [0.25, 0.3) is 0 Å². The number of hydrogen-bond donors (Lipinski definition) is 2. The maximum absolute atomic E-state index is 11.2. The highest BCUT2D eigenvalue weighted by Crippen LogP contribution is 2.39. The maximum Gasteiger partial charge on any atom is 0.229 e. The van der Waals surface area contributed by atoms with Crippen LogP contribution in [0, 0.1) is 0 Å². The van der Waals surface area contributed by atoms with Gasteiger partial charge in [-0.1, -0.05) is 0 Å². The lowest BCUT2D eigenvalue weighted by Gasteiger charge is -2.33. The van der Waals surface area contributed by atoms with Gasteiger partial charge in [0.25, 0.3) is 0 Å². The fourth-order valence-electron chi connectivity index (χ4n) is 2.89. The quantitative estimate of drug-likeness (QED) is 0.868. The first-order valence-electron chi connectivity index (χ1n) is 6.46. The van der Waals surface area contributed by atoms with Crippen LogP contribution in [0.3, 0.4) is 0 Å². The van der Waals surface area contributed by atoms with Crippen LogP contribution >= 0.6 is 12.4 Å². The molecule has 1 aromatic carbocycles. The number of halogens is 1. The van der Waals surface area contributed by atoms with E-state index < -0.39 is 10.0 Å². The van der Waals surface area contributed by atoms with Gasteiger partial charge in [-0.3, -0.25) is 4.72 Å². The summed E-state index contributed by atoms with van der Waals surface area (Å²) in [6, 6.07) is 5.47. The number of piperidine rings is 1. The summed E-state index contributed by atoms with van der Waals surface area (Å²) < 4.78 is 31.1. The molecule has 0 aliphatic carbocycles. The van der Waals surface area contributed by atoms with Gasteiger partial charge in [-0.25, -0.2) is 8.42 Å². The molecule has 7 heteroatoms. The lowest BCUT2D eigenvalue weighted by atomic mass is 9.89. The van der Waals surface area contributed by atoms with Crippen molar-refractivity contribution in [3.8, 4) is 5.75 Å². The second-order valence-electron chi connectivity index (χ2n) is 5.44. The molecule has 1 unspecified atom stereocenters. The average molecular weight is 319 g/mol. The first kappa shape index (κ1) is 15.4. The molecule has 2 N–H and O–H groups in total. The second-order valence-corrected chi connectivity index (χ2v) is 7.19. The Labute approximate surface area is 125 Å². The molecule has 0 bridgehead atoms. The molecule has 1 spiro atoms. The fraction of sp³-hybridized carbons (Fsp3) is 0.538. The van der Waals surface area contributed by atoms with Crippen LogP contribution in [-0.2, 0) is 16.4 Å². The van der Waals surface area contributed by atoms with Gasteiger partial charge in [0.05, 0.1) is 6.26 Å². The Morgan fingerprint density at radius 1 is 1.40 bits per heavy atom. The topological polar surface area (TPSA) is 67.4 Å². The molecule has 1 saturated heterocycles. The molecule has 0 radical (unpaired) electrons. The molecule has 112 valence electrons. The van der Waals surface area contributed by atoms with E-state index in [0.29, 0.717) is 5.69 Å². The Morgan fingerprint density at radius 3 is 2.85 bits per heavy atom. The van der Waals surface area contributed by atoms with Gasteiger partial charge in [-0.15, -0.1) is 12.4 Å². The fourth-order valence-corrected chi connectivity index (χ4v) is 3.44. The van der Waals surface area contributed by atoms with Crippen molar-refractivity contribution in [2.45, 2.75) is 24.9 Å². The molecule has 2 aliphatic rings. The minimum atomic E-state index is -3.23. The highest BCUT2D eigenvalue weighted by Gasteiger charge is 2.40. The van der Waals surface area contributed by atoms with Gasteiger partial charge < -0.3 is 10.1 Å². The average Bonchev–Trinajstić information content (AvgIpc) is 2.64. The summed E-state index contributed by atoms with van der Waals surface area (Å²) in [4.78, 5) is 0. The molecule has 20 heavy (non-hydrogen) atoms. The summed E-state index contributed by atoms with van der Waals surface area (Å²) in [6.07, 6.45) is 4.16. The Balaban J connectivity index is 0.00000147. The van der Waals surface area contributed by atoms with Crippen molar-refractivity contribution in [3.05, 3.63) is 23.8 Å². The number of sulfonamides is 1. The van der Waals surface area contributed by atoms with Crippen molar-refractivity contribution >= 4 is 28.1 Å². The standard InChI is InChI=1S/C13H18N2O3S.ClH/c1-19(16,17)15-11-3-4-12-10(7-11)8-13(18-12)5-2-6-14-9-13;/h3-4,7,14-15H,2,5-6,8-9H2,1H3;1H. The van der Waals surface area contributed by atoms with E-state index in [1.165, 1.54) is 0 Å². The molecule has 3 rings (SSSR count). The van der Waals surface area contributed by atoms with Gasteiger partial charge in [-0.2, -0.15) is 0 Å². The number of ether oxygens (including phenoxy) is 1. The largest absolute Gasteiger partial charge is 0.485 e. The molecule has 5 nitrogen and oxygen atoms in total. The number of hydrogen-bond acceptors (Lipinski definition) is 4. The SMILES string of the molecule is CS(=O)(=O)Nc1ccc2c(c1)CC1(CCCNC1)O2.Cl. The van der Waals surface area contributed by atoms with Crippen molar-refractivity contribution in [2.75, 3.05) is 24.1 Å². The lowest BCUT2D eigenvalue weighted by Crippen LogP contribution is -2.49. The first-order valence-corrected chi connectivity index (χ1v) is 8.35. The summed E-state index contributed by atoms with van der Waals surface area (Å²) in [5.41, 5.74) is 1.55. The number of rotatable bonds is 2. The Hall–Kier alpha value is -0.980. The summed E-state index contributed by atoms with van der Waals surface area (Å²) in [7, 11) is -3.23. The summed E-state index contributed by atoms with van der Waals surface area (Å²) in [6.45, 7) is 1.90. The van der Waals surface area contributed by atoms with Gasteiger partial charge in [0.2, 0.25) is 10.0 Å². The molecule has 1 fully saturated rings. The van der Waals surface area contributed by atoms with Gasteiger partial charge in [0.15, 0.2) is 0 Å². The monoisotopic (exact) mass is 318 g/mol. The van der Waals surface area contributed by atoms with E-state index in [2.05, 4.69) is 10.0 Å². The van der Waals surface area contributed by atoms with E-state index >= 15 is 0 Å². The van der Waals surface area contributed by atoms with Crippen LogP contribution in [0.5, 0.6) is 5.75 Å². The lowest BCUT2D eigenvalue weighted by molar-refractivity contribution is 0.0660. The van der Waals surface area contributed by atoms with Crippen LogP contribution in [0.4, 0.5) is 5.69 Å². The Morgan fingerprint density at radius 2 is 2.20 bits per heavy atom. The molecular weight excluding hydrogens is 300 g/mol. The normalized spacial score (nSPS) is 24.6.